The molecular formula is C19H23N3O. The fraction of sp³-hybridized carbons (Fsp3) is 0.316. The number of carbonyl (C=O) groups excluding carboxylic acids is 1. The number of amides is 1. The van der Waals surface area contributed by atoms with Gasteiger partial charge in [0.05, 0.1) is 28.5 Å². The summed E-state index contributed by atoms with van der Waals surface area (Å²) in [7, 11) is 0. The minimum Gasteiger partial charge on any atom is -0.353 e. The maximum Gasteiger partial charge on any atom is 0.242 e. The van der Waals surface area contributed by atoms with Crippen LogP contribution in [0.15, 0.2) is 34.3 Å². The molecule has 1 N–H and O–H groups in total. The summed E-state index contributed by atoms with van der Waals surface area (Å²) in [6.07, 6.45) is 0. The van der Waals surface area contributed by atoms with Crippen LogP contribution >= 0.6 is 0 Å². The molecule has 0 saturated carbocycles. The van der Waals surface area contributed by atoms with Crippen LogP contribution in [0.25, 0.3) is 0 Å². The first-order valence-electron chi connectivity index (χ1n) is 7.66. The van der Waals surface area contributed by atoms with Gasteiger partial charge in [0.15, 0.2) is 0 Å². The molecule has 1 heterocycles. The predicted molar refractivity (Wildman–Crippen MR) is 96.2 cm³/mol. The molecule has 1 aromatic carbocycles. The van der Waals surface area contributed by atoms with Gasteiger partial charge in [-0.15, -0.1) is 0 Å². The molecule has 0 unspecified atom stereocenters. The number of nitrogens with one attached hydrogen (secondary N) is 1. The molecule has 23 heavy (non-hydrogen) atoms. The maximum atomic E-state index is 11.1. The zero-order valence-electron chi connectivity index (χ0n) is 14.6. The van der Waals surface area contributed by atoms with Crippen molar-refractivity contribution in [2.24, 2.45) is 9.98 Å². The first-order chi connectivity index (χ1) is 10.8. The van der Waals surface area contributed by atoms with E-state index in [9.17, 15) is 4.79 Å². The van der Waals surface area contributed by atoms with E-state index >= 15 is 0 Å². The normalized spacial score (nSPS) is 12.6. The lowest BCUT2D eigenvalue weighted by atomic mass is 10.1. The average molecular weight is 309 g/mol. The van der Waals surface area contributed by atoms with Crippen LogP contribution in [-0.4, -0.2) is 22.3 Å². The summed E-state index contributed by atoms with van der Waals surface area (Å²) in [5.41, 5.74) is 7.94. The zero-order chi connectivity index (χ0) is 17.1. The summed E-state index contributed by atoms with van der Waals surface area (Å²) < 4.78 is 0. The number of benzene rings is 1. The molecule has 0 aliphatic heterocycles. The van der Waals surface area contributed by atoms with Crippen LogP contribution < -0.4 is 0 Å². The molecule has 120 valence electrons. The number of hydrogen-bond donors (Lipinski definition) is 1. The molecule has 2 aromatic rings. The van der Waals surface area contributed by atoms with Gasteiger partial charge in [-0.05, 0) is 57.9 Å². The number of aromatic amines is 1. The Kier molecular flexibility index (Phi) is 4.94. The van der Waals surface area contributed by atoms with Crippen molar-refractivity contribution in [2.75, 3.05) is 0 Å². The molecule has 2 rings (SSSR count). The van der Waals surface area contributed by atoms with Crippen molar-refractivity contribution in [3.05, 3.63) is 52.3 Å². The quantitative estimate of drug-likeness (QED) is 0.837. The van der Waals surface area contributed by atoms with Crippen LogP contribution in [0.3, 0.4) is 0 Å². The van der Waals surface area contributed by atoms with Gasteiger partial charge in [0.25, 0.3) is 0 Å². The minimum absolute atomic E-state index is 0.199. The molecule has 0 radical (unpaired) electrons. The predicted octanol–water partition coefficient (Wildman–Crippen LogP) is 4.44. The summed E-state index contributed by atoms with van der Waals surface area (Å²) in [6.45, 7) is 11.5. The first kappa shape index (κ1) is 16.9. The van der Waals surface area contributed by atoms with Crippen molar-refractivity contribution >= 4 is 23.0 Å². The number of H-pyrrole nitrogens is 1. The Labute approximate surface area is 137 Å². The maximum absolute atomic E-state index is 11.1. The van der Waals surface area contributed by atoms with E-state index in [1.54, 1.807) is 0 Å². The molecule has 0 atom stereocenters. The van der Waals surface area contributed by atoms with Gasteiger partial charge in [-0.1, -0.05) is 17.7 Å². The Morgan fingerprint density at radius 3 is 1.96 bits per heavy atom. The SMILES string of the molecule is CC(=O)N=C(C)c1ccc(C(C)=Nc2c(C)cc(C)cc2C)[nH]1. The molecule has 1 amide bonds. The molecule has 4 heteroatoms. The number of aliphatic imine (C=N–C) groups is 2. The number of hydrogen-bond acceptors (Lipinski definition) is 2. The summed E-state index contributed by atoms with van der Waals surface area (Å²) in [6, 6.07) is 8.17. The van der Waals surface area contributed by atoms with Crippen molar-refractivity contribution in [2.45, 2.75) is 41.5 Å². The zero-order valence-corrected chi connectivity index (χ0v) is 14.6. The van der Waals surface area contributed by atoms with Gasteiger partial charge in [-0.3, -0.25) is 9.79 Å². The number of aromatic nitrogens is 1. The van der Waals surface area contributed by atoms with Crippen LogP contribution in [0, 0.1) is 20.8 Å². The smallest absolute Gasteiger partial charge is 0.242 e. The number of rotatable bonds is 3. The van der Waals surface area contributed by atoms with E-state index in [0.29, 0.717) is 5.71 Å². The average Bonchev–Trinajstić information content (AvgIpc) is 2.91. The lowest BCUT2D eigenvalue weighted by Gasteiger charge is -2.08. The van der Waals surface area contributed by atoms with Gasteiger partial charge in [0, 0.05) is 6.92 Å². The standard InChI is InChI=1S/C19H23N3O/c1-11-9-12(2)19(13(3)10-11)21-15(5)18-8-7-17(22-18)14(4)20-16(6)23/h7-10,22H,1-6H3. The highest BCUT2D eigenvalue weighted by Crippen LogP contribution is 2.26. The fourth-order valence-electron chi connectivity index (χ4n) is 2.69. The first-order valence-corrected chi connectivity index (χ1v) is 7.66. The molecule has 0 aliphatic rings. The Hall–Kier alpha value is -2.49. The molecule has 0 fully saturated rings. The van der Waals surface area contributed by atoms with E-state index in [2.05, 4.69) is 42.9 Å². The van der Waals surface area contributed by atoms with Crippen molar-refractivity contribution in [3.63, 3.8) is 0 Å². The van der Waals surface area contributed by atoms with Crippen molar-refractivity contribution in [3.8, 4) is 0 Å². The van der Waals surface area contributed by atoms with E-state index in [4.69, 9.17) is 4.99 Å². The summed E-state index contributed by atoms with van der Waals surface area (Å²) in [5.74, 6) is -0.199. The number of aryl methyl sites for hydroxylation is 3. The second-order valence-electron chi connectivity index (χ2n) is 5.95. The Morgan fingerprint density at radius 1 is 0.913 bits per heavy atom. The molecule has 4 nitrogen and oxygen atoms in total. The van der Waals surface area contributed by atoms with Crippen LogP contribution in [0.2, 0.25) is 0 Å². The van der Waals surface area contributed by atoms with Gasteiger partial charge in [-0.25, -0.2) is 4.99 Å². The van der Waals surface area contributed by atoms with E-state index in [-0.39, 0.29) is 5.91 Å². The molecule has 1 aromatic heterocycles. The Morgan fingerprint density at radius 2 is 1.43 bits per heavy atom. The highest BCUT2D eigenvalue weighted by atomic mass is 16.1. The molecule has 0 aliphatic carbocycles. The highest BCUT2D eigenvalue weighted by Gasteiger charge is 2.08. The second kappa shape index (κ2) is 6.73. The monoisotopic (exact) mass is 309 g/mol. The van der Waals surface area contributed by atoms with Gasteiger partial charge >= 0.3 is 0 Å². The third-order valence-electron chi connectivity index (χ3n) is 3.71. The van der Waals surface area contributed by atoms with E-state index < -0.39 is 0 Å². The Balaban J connectivity index is 2.37. The van der Waals surface area contributed by atoms with E-state index in [1.165, 1.54) is 23.6 Å². The third-order valence-corrected chi connectivity index (χ3v) is 3.71. The summed E-state index contributed by atoms with van der Waals surface area (Å²) in [5, 5.41) is 0. The molecule has 0 spiro atoms. The molecular weight excluding hydrogens is 286 g/mol. The van der Waals surface area contributed by atoms with Crippen LogP contribution in [-0.2, 0) is 4.79 Å². The summed E-state index contributed by atoms with van der Waals surface area (Å²) in [4.78, 5) is 23.1. The number of carbonyl (C=O) groups is 1. The highest BCUT2D eigenvalue weighted by molar-refractivity contribution is 6.05. The number of nitrogens with zero attached hydrogens (tertiary/aromatic N) is 2. The minimum atomic E-state index is -0.199. The lowest BCUT2D eigenvalue weighted by molar-refractivity contribution is -0.115. The summed E-state index contributed by atoms with van der Waals surface area (Å²) >= 11 is 0. The Bertz CT molecular complexity index is 787. The van der Waals surface area contributed by atoms with Crippen LogP contribution in [0.1, 0.15) is 48.8 Å². The van der Waals surface area contributed by atoms with E-state index in [0.717, 1.165) is 22.8 Å². The van der Waals surface area contributed by atoms with Crippen LogP contribution in [0.4, 0.5) is 5.69 Å². The third kappa shape index (κ3) is 4.03. The largest absolute Gasteiger partial charge is 0.353 e. The van der Waals surface area contributed by atoms with Crippen LogP contribution in [0.5, 0.6) is 0 Å². The van der Waals surface area contributed by atoms with Crippen molar-refractivity contribution in [1.29, 1.82) is 0 Å². The van der Waals surface area contributed by atoms with Gasteiger partial charge < -0.3 is 4.98 Å². The lowest BCUT2D eigenvalue weighted by Crippen LogP contribution is -2.01. The van der Waals surface area contributed by atoms with E-state index in [1.807, 2.05) is 26.0 Å². The van der Waals surface area contributed by atoms with Gasteiger partial charge in [-0.2, -0.15) is 0 Å². The topological polar surface area (TPSA) is 57.6 Å². The van der Waals surface area contributed by atoms with Gasteiger partial charge in [0.2, 0.25) is 5.91 Å². The molecule has 0 bridgehead atoms. The fourth-order valence-corrected chi connectivity index (χ4v) is 2.69. The molecule has 0 saturated heterocycles. The van der Waals surface area contributed by atoms with Crippen molar-refractivity contribution in [1.82, 2.24) is 4.98 Å². The second-order valence-corrected chi connectivity index (χ2v) is 5.95. The van der Waals surface area contributed by atoms with Crippen molar-refractivity contribution < 1.29 is 4.79 Å². The van der Waals surface area contributed by atoms with Gasteiger partial charge in [0.1, 0.15) is 0 Å².